The third-order valence-electron chi connectivity index (χ3n) is 4.21. The molecule has 0 aliphatic carbocycles. The summed E-state index contributed by atoms with van der Waals surface area (Å²) in [6, 6.07) is 2.11. The van der Waals surface area contributed by atoms with Crippen LogP contribution < -0.4 is 5.32 Å². The molecule has 1 aromatic heterocycles. The molecule has 9 heteroatoms. The summed E-state index contributed by atoms with van der Waals surface area (Å²) < 4.78 is 38.6. The van der Waals surface area contributed by atoms with Crippen LogP contribution in [0.25, 0.3) is 0 Å². The summed E-state index contributed by atoms with van der Waals surface area (Å²) in [7, 11) is 1.75. The predicted octanol–water partition coefficient (Wildman–Crippen LogP) is 1.77. The zero-order valence-electron chi connectivity index (χ0n) is 13.0. The molecule has 0 radical (unpaired) electrons. The lowest BCUT2D eigenvalue weighted by atomic mass is 10.1. The van der Waals surface area contributed by atoms with Crippen molar-refractivity contribution in [3.63, 3.8) is 0 Å². The Labute approximate surface area is 136 Å². The number of carboxylic acid groups (broad SMARTS) is 1. The zero-order chi connectivity index (χ0) is 17.9. The second-order valence-corrected chi connectivity index (χ2v) is 5.76. The first kappa shape index (κ1) is 18.2. The number of aromatic nitrogens is 1. The number of rotatable bonds is 5. The molecule has 24 heavy (non-hydrogen) atoms. The van der Waals surface area contributed by atoms with Crippen LogP contribution in [0.4, 0.5) is 13.2 Å². The van der Waals surface area contributed by atoms with Crippen molar-refractivity contribution in [2.24, 2.45) is 0 Å². The van der Waals surface area contributed by atoms with Gasteiger partial charge in [0.15, 0.2) is 5.69 Å². The van der Waals surface area contributed by atoms with Gasteiger partial charge in [-0.05, 0) is 32.0 Å². The molecule has 132 valence electrons. The molecule has 1 aromatic rings. The number of likely N-dealkylation sites (N-methyl/N-ethyl adjacent to an activating group) is 1. The minimum Gasteiger partial charge on any atom is -0.481 e. The molecule has 1 aliphatic rings. The minimum absolute atomic E-state index is 0.00176. The third kappa shape index (κ3) is 4.22. The molecule has 0 spiro atoms. The van der Waals surface area contributed by atoms with Gasteiger partial charge >= 0.3 is 12.1 Å². The fourth-order valence-corrected chi connectivity index (χ4v) is 2.90. The largest absolute Gasteiger partial charge is 0.481 e. The number of carboxylic acids is 1. The van der Waals surface area contributed by atoms with Crippen LogP contribution in [0.5, 0.6) is 0 Å². The molecule has 2 atom stereocenters. The van der Waals surface area contributed by atoms with Gasteiger partial charge in [-0.3, -0.25) is 19.5 Å². The van der Waals surface area contributed by atoms with Gasteiger partial charge < -0.3 is 10.4 Å². The van der Waals surface area contributed by atoms with Gasteiger partial charge in [0.25, 0.3) is 5.91 Å². The molecule has 0 unspecified atom stereocenters. The monoisotopic (exact) mass is 345 g/mol. The summed E-state index contributed by atoms with van der Waals surface area (Å²) in [5.74, 6) is -1.74. The summed E-state index contributed by atoms with van der Waals surface area (Å²) in [6.45, 7) is 0.150. The first-order valence-corrected chi connectivity index (χ1v) is 7.44. The van der Waals surface area contributed by atoms with E-state index in [2.05, 4.69) is 10.3 Å². The lowest BCUT2D eigenvalue weighted by Crippen LogP contribution is -2.41. The maximum absolute atomic E-state index is 12.9. The number of nitrogens with one attached hydrogen (secondary N) is 1. The molecule has 0 aromatic carbocycles. The molecule has 1 amide bonds. The number of hydrogen-bond donors (Lipinski definition) is 2. The van der Waals surface area contributed by atoms with Crippen molar-refractivity contribution in [3.05, 3.63) is 29.6 Å². The van der Waals surface area contributed by atoms with Gasteiger partial charge in [0, 0.05) is 24.8 Å². The van der Waals surface area contributed by atoms with Crippen molar-refractivity contribution in [2.75, 3.05) is 13.6 Å². The van der Waals surface area contributed by atoms with Gasteiger partial charge in [0.1, 0.15) is 0 Å². The number of halogens is 3. The van der Waals surface area contributed by atoms with Crippen LogP contribution in [0.2, 0.25) is 0 Å². The number of pyridine rings is 1. The second-order valence-electron chi connectivity index (χ2n) is 5.76. The topological polar surface area (TPSA) is 82.5 Å². The Morgan fingerprint density at radius 2 is 2.04 bits per heavy atom. The highest BCUT2D eigenvalue weighted by atomic mass is 19.4. The minimum atomic E-state index is -4.70. The van der Waals surface area contributed by atoms with Crippen molar-refractivity contribution >= 4 is 11.9 Å². The number of amides is 1. The van der Waals surface area contributed by atoms with E-state index >= 15 is 0 Å². The zero-order valence-corrected chi connectivity index (χ0v) is 13.0. The van der Waals surface area contributed by atoms with Crippen molar-refractivity contribution < 1.29 is 27.9 Å². The summed E-state index contributed by atoms with van der Waals surface area (Å²) in [4.78, 5) is 27.9. The van der Waals surface area contributed by atoms with E-state index in [4.69, 9.17) is 5.11 Å². The van der Waals surface area contributed by atoms with Gasteiger partial charge in [-0.15, -0.1) is 0 Å². The average Bonchev–Trinajstić information content (AvgIpc) is 2.84. The highest BCUT2D eigenvalue weighted by molar-refractivity contribution is 5.95. The van der Waals surface area contributed by atoms with Gasteiger partial charge in [0.2, 0.25) is 0 Å². The van der Waals surface area contributed by atoms with Crippen molar-refractivity contribution in [3.8, 4) is 0 Å². The lowest BCUT2D eigenvalue weighted by molar-refractivity contribution is -0.141. The van der Waals surface area contributed by atoms with Gasteiger partial charge in [-0.1, -0.05) is 0 Å². The molecule has 1 fully saturated rings. The predicted molar refractivity (Wildman–Crippen MR) is 78.4 cm³/mol. The van der Waals surface area contributed by atoms with Crippen LogP contribution in [0.1, 0.15) is 35.3 Å². The van der Waals surface area contributed by atoms with Gasteiger partial charge in [-0.25, -0.2) is 0 Å². The smallest absolute Gasteiger partial charge is 0.434 e. The SMILES string of the molecule is CN1[C@@H](CC(=O)O)CC[C@H]1CNC(=O)c1cccnc1C(F)(F)F. The Kier molecular flexibility index (Phi) is 5.43. The van der Waals surface area contributed by atoms with Crippen LogP contribution >= 0.6 is 0 Å². The van der Waals surface area contributed by atoms with Crippen molar-refractivity contribution in [1.29, 1.82) is 0 Å². The number of alkyl halides is 3. The normalized spacial score (nSPS) is 21.7. The molecule has 0 bridgehead atoms. The quantitative estimate of drug-likeness (QED) is 0.850. The van der Waals surface area contributed by atoms with E-state index in [1.54, 1.807) is 7.05 Å². The Morgan fingerprint density at radius 3 is 2.67 bits per heavy atom. The molecule has 0 saturated carbocycles. The highest BCUT2D eigenvalue weighted by Gasteiger charge is 2.37. The molecular formula is C15H18F3N3O3. The first-order valence-electron chi connectivity index (χ1n) is 7.44. The highest BCUT2D eigenvalue weighted by Crippen LogP contribution is 2.30. The molecule has 1 saturated heterocycles. The van der Waals surface area contributed by atoms with E-state index in [1.807, 2.05) is 4.90 Å². The number of carbonyl (C=O) groups is 2. The van der Waals surface area contributed by atoms with Crippen LogP contribution in [-0.4, -0.2) is 52.5 Å². The maximum Gasteiger partial charge on any atom is 0.434 e. The fourth-order valence-electron chi connectivity index (χ4n) is 2.90. The van der Waals surface area contributed by atoms with Crippen LogP contribution in [0, 0.1) is 0 Å². The van der Waals surface area contributed by atoms with E-state index in [0.717, 1.165) is 12.3 Å². The van der Waals surface area contributed by atoms with E-state index in [9.17, 15) is 22.8 Å². The van der Waals surface area contributed by atoms with Crippen LogP contribution in [-0.2, 0) is 11.0 Å². The number of nitrogens with zero attached hydrogens (tertiary/aromatic N) is 2. The first-order chi connectivity index (χ1) is 11.2. The Morgan fingerprint density at radius 1 is 1.38 bits per heavy atom. The second kappa shape index (κ2) is 7.16. The van der Waals surface area contributed by atoms with E-state index < -0.39 is 29.3 Å². The van der Waals surface area contributed by atoms with Gasteiger partial charge in [-0.2, -0.15) is 13.2 Å². The van der Waals surface area contributed by atoms with Crippen LogP contribution in [0.15, 0.2) is 18.3 Å². The average molecular weight is 345 g/mol. The summed E-state index contributed by atoms with van der Waals surface area (Å²) in [5, 5.41) is 11.3. The summed E-state index contributed by atoms with van der Waals surface area (Å²) in [5.41, 5.74) is -1.74. The summed E-state index contributed by atoms with van der Waals surface area (Å²) >= 11 is 0. The number of aliphatic carboxylic acids is 1. The number of likely N-dealkylation sites (tertiary alicyclic amines) is 1. The molecule has 2 N–H and O–H groups in total. The Balaban J connectivity index is 1.99. The fraction of sp³-hybridized carbons (Fsp3) is 0.533. The molecule has 2 rings (SSSR count). The van der Waals surface area contributed by atoms with Crippen molar-refractivity contribution in [1.82, 2.24) is 15.2 Å². The van der Waals surface area contributed by atoms with Gasteiger partial charge in [0.05, 0.1) is 12.0 Å². The number of hydrogen-bond acceptors (Lipinski definition) is 4. The number of carbonyl (C=O) groups excluding carboxylic acids is 1. The third-order valence-corrected chi connectivity index (χ3v) is 4.21. The Hall–Kier alpha value is -2.16. The van der Waals surface area contributed by atoms with Crippen LogP contribution in [0.3, 0.4) is 0 Å². The molecule has 1 aliphatic heterocycles. The maximum atomic E-state index is 12.9. The van der Waals surface area contributed by atoms with E-state index in [1.165, 1.54) is 6.07 Å². The Bertz CT molecular complexity index is 621. The standard InChI is InChI=1S/C15H18F3N3O3/c1-21-9(7-12(22)23)4-5-10(21)8-20-14(24)11-3-2-6-19-13(11)15(16,17)18/h2-3,6,9-10H,4-5,7-8H2,1H3,(H,20,24)(H,22,23)/t9-,10+/m1/s1. The molecule has 6 nitrogen and oxygen atoms in total. The summed E-state index contributed by atoms with van der Waals surface area (Å²) in [6.07, 6.45) is -2.37. The van der Waals surface area contributed by atoms with E-state index in [-0.39, 0.29) is 25.0 Å². The van der Waals surface area contributed by atoms with Crippen molar-refractivity contribution in [2.45, 2.75) is 37.5 Å². The molecule has 2 heterocycles. The van der Waals surface area contributed by atoms with E-state index in [0.29, 0.717) is 12.8 Å². The molecular weight excluding hydrogens is 327 g/mol. The lowest BCUT2D eigenvalue weighted by Gasteiger charge is -2.25.